The van der Waals surface area contributed by atoms with Gasteiger partial charge in [0.15, 0.2) is 0 Å². The van der Waals surface area contributed by atoms with E-state index in [0.29, 0.717) is 0 Å². The number of anilines is 1. The van der Waals surface area contributed by atoms with Gasteiger partial charge in [0.05, 0.1) is 12.1 Å². The maximum atomic E-state index is 13.6. The number of para-hydroxylation sites is 1. The third-order valence-corrected chi connectivity index (χ3v) is 2.45. The van der Waals surface area contributed by atoms with Crippen LogP contribution in [0.15, 0.2) is 24.3 Å². The minimum Gasteiger partial charge on any atom is -0.481 e. The van der Waals surface area contributed by atoms with E-state index in [1.165, 1.54) is 23.1 Å². The van der Waals surface area contributed by atoms with Gasteiger partial charge in [-0.2, -0.15) is 0 Å². The molecule has 1 aromatic rings. The third kappa shape index (κ3) is 3.55. The van der Waals surface area contributed by atoms with Gasteiger partial charge in [0.1, 0.15) is 5.82 Å². The van der Waals surface area contributed by atoms with E-state index < -0.39 is 11.8 Å². The molecule has 18 heavy (non-hydrogen) atoms. The molecule has 0 aliphatic heterocycles. The number of hydrogen-bond acceptors (Lipinski definition) is 2. The van der Waals surface area contributed by atoms with Crippen molar-refractivity contribution in [2.75, 3.05) is 11.4 Å². The summed E-state index contributed by atoms with van der Waals surface area (Å²) in [6, 6.07) is 5.85. The van der Waals surface area contributed by atoms with E-state index in [1.54, 1.807) is 19.9 Å². The van der Waals surface area contributed by atoms with Crippen molar-refractivity contribution in [1.29, 1.82) is 0 Å². The van der Waals surface area contributed by atoms with Gasteiger partial charge in [0.2, 0.25) is 5.91 Å². The Morgan fingerprint density at radius 1 is 1.33 bits per heavy atom. The molecule has 1 aromatic carbocycles. The molecule has 0 heterocycles. The molecule has 1 N–H and O–H groups in total. The predicted octanol–water partition coefficient (Wildman–Crippen LogP) is 2.29. The smallest absolute Gasteiger partial charge is 0.305 e. The third-order valence-electron chi connectivity index (χ3n) is 2.45. The molecule has 0 aliphatic carbocycles. The first-order valence-electron chi connectivity index (χ1n) is 5.71. The van der Waals surface area contributed by atoms with Gasteiger partial charge < -0.3 is 10.0 Å². The van der Waals surface area contributed by atoms with Crippen LogP contribution in [0.25, 0.3) is 0 Å². The highest BCUT2D eigenvalue weighted by Gasteiger charge is 2.21. The van der Waals surface area contributed by atoms with E-state index in [9.17, 15) is 14.0 Å². The summed E-state index contributed by atoms with van der Waals surface area (Å²) in [7, 11) is 0. The summed E-state index contributed by atoms with van der Waals surface area (Å²) in [4.78, 5) is 23.7. The van der Waals surface area contributed by atoms with Gasteiger partial charge in [-0.1, -0.05) is 26.0 Å². The fourth-order valence-corrected chi connectivity index (χ4v) is 1.54. The molecule has 98 valence electrons. The maximum absolute atomic E-state index is 13.6. The van der Waals surface area contributed by atoms with Crippen molar-refractivity contribution in [1.82, 2.24) is 0 Å². The fourth-order valence-electron chi connectivity index (χ4n) is 1.54. The highest BCUT2D eigenvalue weighted by Crippen LogP contribution is 2.21. The summed E-state index contributed by atoms with van der Waals surface area (Å²) >= 11 is 0. The summed E-state index contributed by atoms with van der Waals surface area (Å²) in [5, 5.41) is 8.67. The average molecular weight is 253 g/mol. The average Bonchev–Trinajstić information content (AvgIpc) is 2.30. The molecule has 0 spiro atoms. The second-order valence-electron chi connectivity index (χ2n) is 4.24. The molecule has 0 aromatic heterocycles. The number of halogens is 1. The molecule has 5 heteroatoms. The lowest BCUT2D eigenvalue weighted by molar-refractivity contribution is -0.136. The lowest BCUT2D eigenvalue weighted by Gasteiger charge is -2.24. The Morgan fingerprint density at radius 3 is 2.44 bits per heavy atom. The number of carboxylic acid groups (broad SMARTS) is 1. The molecule has 0 saturated carbocycles. The molecular weight excluding hydrogens is 237 g/mol. The Morgan fingerprint density at radius 2 is 1.94 bits per heavy atom. The summed E-state index contributed by atoms with van der Waals surface area (Å²) in [6.45, 7) is 3.35. The number of carbonyl (C=O) groups excluding carboxylic acids is 1. The zero-order valence-electron chi connectivity index (χ0n) is 10.4. The topological polar surface area (TPSA) is 57.6 Å². The maximum Gasteiger partial charge on any atom is 0.305 e. The van der Waals surface area contributed by atoms with Gasteiger partial charge in [-0.15, -0.1) is 0 Å². The van der Waals surface area contributed by atoms with Crippen molar-refractivity contribution in [3.8, 4) is 0 Å². The molecule has 1 rings (SSSR count). The van der Waals surface area contributed by atoms with Crippen LogP contribution in [-0.2, 0) is 9.59 Å². The van der Waals surface area contributed by atoms with E-state index in [-0.39, 0.29) is 30.5 Å². The first-order chi connectivity index (χ1) is 8.43. The van der Waals surface area contributed by atoms with Crippen molar-refractivity contribution in [2.45, 2.75) is 20.3 Å². The zero-order valence-corrected chi connectivity index (χ0v) is 10.4. The number of amides is 1. The fraction of sp³-hybridized carbons (Fsp3) is 0.385. The van der Waals surface area contributed by atoms with Crippen LogP contribution in [0.1, 0.15) is 20.3 Å². The van der Waals surface area contributed by atoms with Crippen LogP contribution in [0.3, 0.4) is 0 Å². The molecule has 0 saturated heterocycles. The second-order valence-corrected chi connectivity index (χ2v) is 4.24. The molecule has 0 atom stereocenters. The molecule has 0 bridgehead atoms. The molecule has 0 fully saturated rings. The lowest BCUT2D eigenvalue weighted by Crippen LogP contribution is -2.36. The Balaban J connectivity index is 3.00. The molecular formula is C13H16FNO3. The Kier molecular flexibility index (Phi) is 4.83. The number of hydrogen-bond donors (Lipinski definition) is 1. The minimum absolute atomic E-state index is 0.0344. The monoisotopic (exact) mass is 253 g/mol. The Labute approximate surface area is 105 Å². The van der Waals surface area contributed by atoms with Crippen LogP contribution in [0.5, 0.6) is 0 Å². The molecule has 1 amide bonds. The summed E-state index contributed by atoms with van der Waals surface area (Å²) in [5.41, 5.74) is 0.123. The highest BCUT2D eigenvalue weighted by atomic mass is 19.1. The van der Waals surface area contributed by atoms with Gasteiger partial charge in [0, 0.05) is 12.5 Å². The van der Waals surface area contributed by atoms with Crippen molar-refractivity contribution >= 4 is 17.6 Å². The van der Waals surface area contributed by atoms with Gasteiger partial charge in [-0.25, -0.2) is 4.39 Å². The quantitative estimate of drug-likeness (QED) is 0.875. The minimum atomic E-state index is -1.02. The second kappa shape index (κ2) is 6.14. The summed E-state index contributed by atoms with van der Waals surface area (Å²) in [6.07, 6.45) is -0.215. The number of aliphatic carboxylic acids is 1. The number of carbonyl (C=O) groups is 2. The van der Waals surface area contributed by atoms with Crippen molar-refractivity contribution in [2.24, 2.45) is 5.92 Å². The number of benzene rings is 1. The van der Waals surface area contributed by atoms with Crippen LogP contribution >= 0.6 is 0 Å². The van der Waals surface area contributed by atoms with Crippen molar-refractivity contribution in [3.63, 3.8) is 0 Å². The normalized spacial score (nSPS) is 10.4. The van der Waals surface area contributed by atoms with Crippen molar-refractivity contribution < 1.29 is 19.1 Å². The standard InChI is InChI=1S/C13H16FNO3/c1-9(2)13(18)15(8-7-12(16)17)11-6-4-3-5-10(11)14/h3-6,9H,7-8H2,1-2H3,(H,16,17). The molecule has 4 nitrogen and oxygen atoms in total. The summed E-state index contributed by atoms with van der Waals surface area (Å²) < 4.78 is 13.6. The van der Waals surface area contributed by atoms with E-state index in [4.69, 9.17) is 5.11 Å². The van der Waals surface area contributed by atoms with Crippen molar-refractivity contribution in [3.05, 3.63) is 30.1 Å². The van der Waals surface area contributed by atoms with Crippen LogP contribution < -0.4 is 4.90 Å². The van der Waals surface area contributed by atoms with E-state index in [2.05, 4.69) is 0 Å². The van der Waals surface area contributed by atoms with E-state index in [1.807, 2.05) is 0 Å². The number of carboxylic acids is 1. The predicted molar refractivity (Wildman–Crippen MR) is 65.8 cm³/mol. The van der Waals surface area contributed by atoms with Gasteiger partial charge >= 0.3 is 5.97 Å². The SMILES string of the molecule is CC(C)C(=O)N(CCC(=O)O)c1ccccc1F. The number of rotatable bonds is 5. The molecule has 0 aliphatic rings. The lowest BCUT2D eigenvalue weighted by atomic mass is 10.1. The van der Waals surface area contributed by atoms with E-state index in [0.717, 1.165) is 0 Å². The Bertz CT molecular complexity index is 446. The van der Waals surface area contributed by atoms with Crippen LogP contribution in [0.2, 0.25) is 0 Å². The zero-order chi connectivity index (χ0) is 13.7. The van der Waals surface area contributed by atoms with Crippen LogP contribution in [0.4, 0.5) is 10.1 Å². The van der Waals surface area contributed by atoms with Gasteiger partial charge in [-0.05, 0) is 12.1 Å². The first-order valence-corrected chi connectivity index (χ1v) is 5.71. The van der Waals surface area contributed by atoms with Crippen LogP contribution in [-0.4, -0.2) is 23.5 Å². The first kappa shape index (κ1) is 14.2. The number of nitrogens with zero attached hydrogens (tertiary/aromatic N) is 1. The summed E-state index contributed by atoms with van der Waals surface area (Å²) in [5.74, 6) is -2.16. The van der Waals surface area contributed by atoms with E-state index >= 15 is 0 Å². The molecule has 0 radical (unpaired) electrons. The van der Waals surface area contributed by atoms with Gasteiger partial charge in [0.25, 0.3) is 0 Å². The Hall–Kier alpha value is -1.91. The molecule has 0 unspecified atom stereocenters. The highest BCUT2D eigenvalue weighted by molar-refractivity contribution is 5.95. The van der Waals surface area contributed by atoms with Gasteiger partial charge in [-0.3, -0.25) is 9.59 Å². The van der Waals surface area contributed by atoms with Crippen LogP contribution in [0, 0.1) is 11.7 Å². The largest absolute Gasteiger partial charge is 0.481 e.